The monoisotopic (exact) mass is 305 g/mol. The summed E-state index contributed by atoms with van der Waals surface area (Å²) in [6, 6.07) is 7.98. The highest BCUT2D eigenvalue weighted by Crippen LogP contribution is 2.27. The lowest BCUT2D eigenvalue weighted by atomic mass is 10.0. The average molecular weight is 306 g/mol. The summed E-state index contributed by atoms with van der Waals surface area (Å²) in [5.74, 6) is -2.50. The normalized spacial score (nSPS) is 15.6. The summed E-state index contributed by atoms with van der Waals surface area (Å²) < 4.78 is 27.6. The van der Waals surface area contributed by atoms with Gasteiger partial charge in [0.1, 0.15) is 0 Å². The Kier molecular flexibility index (Phi) is 5.53. The first-order valence-corrected chi connectivity index (χ1v) is 6.82. The molecule has 2 atom stereocenters. The van der Waals surface area contributed by atoms with Gasteiger partial charge in [-0.1, -0.05) is 53.2 Å². The molecule has 1 aromatic rings. The molecule has 0 saturated heterocycles. The van der Waals surface area contributed by atoms with E-state index < -0.39 is 5.92 Å². The first-order valence-electron chi connectivity index (χ1n) is 5.70. The van der Waals surface area contributed by atoms with E-state index in [4.69, 9.17) is 0 Å². The van der Waals surface area contributed by atoms with Crippen LogP contribution in [0.5, 0.6) is 0 Å². The second-order valence-electron chi connectivity index (χ2n) is 4.37. The van der Waals surface area contributed by atoms with Gasteiger partial charge in [-0.15, -0.1) is 0 Å². The zero-order valence-electron chi connectivity index (χ0n) is 10.1. The molecule has 1 rings (SSSR count). The van der Waals surface area contributed by atoms with Gasteiger partial charge >= 0.3 is 0 Å². The minimum absolute atomic E-state index is 0.0592. The Morgan fingerprint density at radius 1 is 1.24 bits per heavy atom. The van der Waals surface area contributed by atoms with E-state index in [1.807, 2.05) is 13.8 Å². The highest BCUT2D eigenvalue weighted by atomic mass is 79.9. The maximum Gasteiger partial charge on any atom is 0.285 e. The molecule has 96 valence electrons. The van der Waals surface area contributed by atoms with Crippen LogP contribution >= 0.6 is 15.9 Å². The third-order valence-corrected chi connectivity index (χ3v) is 3.96. The number of alkyl halides is 3. The highest BCUT2D eigenvalue weighted by molar-refractivity contribution is 9.09. The van der Waals surface area contributed by atoms with Crippen molar-refractivity contribution < 1.29 is 8.78 Å². The fourth-order valence-electron chi connectivity index (χ4n) is 1.41. The van der Waals surface area contributed by atoms with Crippen LogP contribution in [0.3, 0.4) is 0 Å². The van der Waals surface area contributed by atoms with Crippen molar-refractivity contribution in [2.75, 3.05) is 11.9 Å². The van der Waals surface area contributed by atoms with Crippen molar-refractivity contribution >= 4 is 15.9 Å². The molecule has 1 N–H and O–H groups in total. The predicted octanol–water partition coefficient (Wildman–Crippen LogP) is 3.79. The van der Waals surface area contributed by atoms with Gasteiger partial charge in [-0.05, 0) is 12.8 Å². The second kappa shape index (κ2) is 6.45. The van der Waals surface area contributed by atoms with Gasteiger partial charge in [0.05, 0.1) is 6.54 Å². The molecule has 0 aliphatic heterocycles. The molecule has 0 bridgehead atoms. The van der Waals surface area contributed by atoms with E-state index in [1.165, 1.54) is 12.1 Å². The van der Waals surface area contributed by atoms with Crippen LogP contribution in [0.2, 0.25) is 0 Å². The Morgan fingerprint density at radius 2 is 1.82 bits per heavy atom. The summed E-state index contributed by atoms with van der Waals surface area (Å²) in [5.41, 5.74) is 0.0613. The maximum absolute atomic E-state index is 13.8. The summed E-state index contributed by atoms with van der Waals surface area (Å²) in [4.78, 5) is 0. The molecule has 0 spiro atoms. The van der Waals surface area contributed by atoms with Gasteiger partial charge in [0, 0.05) is 16.9 Å². The quantitative estimate of drug-likeness (QED) is 0.789. The van der Waals surface area contributed by atoms with E-state index in [2.05, 4.69) is 21.2 Å². The van der Waals surface area contributed by atoms with Crippen LogP contribution in [0.4, 0.5) is 8.78 Å². The van der Waals surface area contributed by atoms with Gasteiger partial charge in [-0.2, -0.15) is 8.78 Å². The van der Waals surface area contributed by atoms with Crippen LogP contribution in [0.15, 0.2) is 30.3 Å². The van der Waals surface area contributed by atoms with Crippen LogP contribution in [-0.4, -0.2) is 17.9 Å². The van der Waals surface area contributed by atoms with E-state index >= 15 is 0 Å². The van der Waals surface area contributed by atoms with Gasteiger partial charge in [0.15, 0.2) is 0 Å². The number of nitrogens with one attached hydrogen (secondary N) is 1. The smallest absolute Gasteiger partial charge is 0.285 e. The van der Waals surface area contributed by atoms with Crippen LogP contribution < -0.4 is 5.32 Å². The molecule has 1 aromatic carbocycles. The zero-order chi connectivity index (χ0) is 12.9. The molecule has 0 aliphatic carbocycles. The lowest BCUT2D eigenvalue weighted by molar-refractivity contribution is -0.00639. The summed E-state index contributed by atoms with van der Waals surface area (Å²) >= 11 is 3.35. The molecule has 0 saturated carbocycles. The summed E-state index contributed by atoms with van der Waals surface area (Å²) in [6.45, 7) is 3.62. The molecule has 2 unspecified atom stereocenters. The van der Waals surface area contributed by atoms with Crippen molar-refractivity contribution in [3.8, 4) is 0 Å². The Bertz CT molecular complexity index is 329. The SMILES string of the molecule is CC(CBr)C(C)NCC(F)(F)c1ccccc1. The topological polar surface area (TPSA) is 12.0 Å². The maximum atomic E-state index is 13.8. The lowest BCUT2D eigenvalue weighted by Crippen LogP contribution is -2.40. The van der Waals surface area contributed by atoms with E-state index in [0.717, 1.165) is 5.33 Å². The first-order chi connectivity index (χ1) is 7.97. The third kappa shape index (κ3) is 4.36. The molecular formula is C13H18BrF2N. The molecule has 0 radical (unpaired) electrons. The number of rotatable bonds is 6. The predicted molar refractivity (Wildman–Crippen MR) is 70.8 cm³/mol. The molecule has 0 amide bonds. The molecule has 0 heterocycles. The van der Waals surface area contributed by atoms with Gasteiger partial charge in [-0.25, -0.2) is 0 Å². The lowest BCUT2D eigenvalue weighted by Gasteiger charge is -2.23. The third-order valence-electron chi connectivity index (χ3n) is 2.94. The average Bonchev–Trinajstić information content (AvgIpc) is 2.36. The van der Waals surface area contributed by atoms with Crippen LogP contribution in [0, 0.1) is 5.92 Å². The standard InChI is InChI=1S/C13H18BrF2N/c1-10(8-14)11(2)17-9-13(15,16)12-6-4-3-5-7-12/h3-7,10-11,17H,8-9H2,1-2H3. The fourth-order valence-corrected chi connectivity index (χ4v) is 1.97. The molecule has 0 aromatic heterocycles. The number of hydrogen-bond acceptors (Lipinski definition) is 1. The van der Waals surface area contributed by atoms with E-state index in [-0.39, 0.29) is 18.2 Å². The zero-order valence-corrected chi connectivity index (χ0v) is 11.7. The molecule has 4 heteroatoms. The molecule has 1 nitrogen and oxygen atoms in total. The summed E-state index contributed by atoms with van der Waals surface area (Å²) in [5, 5.41) is 3.70. The van der Waals surface area contributed by atoms with Crippen molar-refractivity contribution in [3.63, 3.8) is 0 Å². The number of halogens is 3. The van der Waals surface area contributed by atoms with Crippen LogP contribution in [0.25, 0.3) is 0 Å². The van der Waals surface area contributed by atoms with E-state index in [9.17, 15) is 8.78 Å². The van der Waals surface area contributed by atoms with Crippen molar-refractivity contribution in [1.29, 1.82) is 0 Å². The van der Waals surface area contributed by atoms with Crippen molar-refractivity contribution in [3.05, 3.63) is 35.9 Å². The number of hydrogen-bond donors (Lipinski definition) is 1. The Labute approximate surface area is 110 Å². The van der Waals surface area contributed by atoms with E-state index in [1.54, 1.807) is 18.2 Å². The minimum atomic E-state index is -2.82. The van der Waals surface area contributed by atoms with Crippen molar-refractivity contribution in [1.82, 2.24) is 5.32 Å². The van der Waals surface area contributed by atoms with Gasteiger partial charge in [0.25, 0.3) is 5.92 Å². The Hall–Kier alpha value is -0.480. The molecule has 17 heavy (non-hydrogen) atoms. The van der Waals surface area contributed by atoms with Gasteiger partial charge in [-0.3, -0.25) is 0 Å². The molecule has 0 fully saturated rings. The summed E-state index contributed by atoms with van der Waals surface area (Å²) in [7, 11) is 0. The Morgan fingerprint density at radius 3 is 2.35 bits per heavy atom. The fraction of sp³-hybridized carbons (Fsp3) is 0.538. The first kappa shape index (κ1) is 14.6. The van der Waals surface area contributed by atoms with E-state index in [0.29, 0.717) is 5.92 Å². The Balaban J connectivity index is 2.56. The van der Waals surface area contributed by atoms with Crippen LogP contribution in [0.1, 0.15) is 19.4 Å². The molecular weight excluding hydrogens is 288 g/mol. The summed E-state index contributed by atoms with van der Waals surface area (Å²) in [6.07, 6.45) is 0. The van der Waals surface area contributed by atoms with Gasteiger partial charge in [0.2, 0.25) is 0 Å². The number of benzene rings is 1. The van der Waals surface area contributed by atoms with Gasteiger partial charge < -0.3 is 5.32 Å². The van der Waals surface area contributed by atoms with Crippen molar-refractivity contribution in [2.24, 2.45) is 5.92 Å². The molecule has 0 aliphatic rings. The van der Waals surface area contributed by atoms with Crippen LogP contribution in [-0.2, 0) is 5.92 Å². The second-order valence-corrected chi connectivity index (χ2v) is 5.02. The minimum Gasteiger partial charge on any atom is -0.308 e. The largest absolute Gasteiger partial charge is 0.308 e. The van der Waals surface area contributed by atoms with Crippen molar-refractivity contribution in [2.45, 2.75) is 25.8 Å². The highest BCUT2D eigenvalue weighted by Gasteiger charge is 2.31.